The molecule has 1 aromatic heterocycles. The Kier molecular flexibility index (Phi) is 6.48. The zero-order valence-electron chi connectivity index (χ0n) is 16.6. The van der Waals surface area contributed by atoms with E-state index in [0.29, 0.717) is 18.7 Å². The molecular weight excluding hydrogens is 350 g/mol. The van der Waals surface area contributed by atoms with Gasteiger partial charge in [0.25, 0.3) is 0 Å². The van der Waals surface area contributed by atoms with Gasteiger partial charge < -0.3 is 14.6 Å². The van der Waals surface area contributed by atoms with Crippen molar-refractivity contribution in [1.29, 1.82) is 0 Å². The summed E-state index contributed by atoms with van der Waals surface area (Å²) >= 11 is 0. The van der Waals surface area contributed by atoms with Gasteiger partial charge in [0.2, 0.25) is 5.91 Å². The number of para-hydroxylation sites is 2. The zero-order chi connectivity index (χ0) is 19.9. The molecule has 0 atom stereocenters. The second-order valence-electron chi connectivity index (χ2n) is 7.00. The fourth-order valence-corrected chi connectivity index (χ4v) is 3.02. The summed E-state index contributed by atoms with van der Waals surface area (Å²) in [6.07, 6.45) is 1.91. The van der Waals surface area contributed by atoms with E-state index in [1.54, 1.807) is 6.92 Å². The van der Waals surface area contributed by atoms with E-state index >= 15 is 0 Å². The molecule has 5 nitrogen and oxygen atoms in total. The summed E-state index contributed by atoms with van der Waals surface area (Å²) in [4.78, 5) is 16.5. The smallest absolute Gasteiger partial charge is 0.246 e. The van der Waals surface area contributed by atoms with Crippen LogP contribution in [-0.4, -0.2) is 22.1 Å². The summed E-state index contributed by atoms with van der Waals surface area (Å²) in [5.74, 6) is 1.61. The number of nitrogens with one attached hydrogen (secondary N) is 1. The molecule has 0 bridgehead atoms. The lowest BCUT2D eigenvalue weighted by Crippen LogP contribution is -2.25. The van der Waals surface area contributed by atoms with Crippen LogP contribution in [-0.2, 0) is 17.9 Å². The van der Waals surface area contributed by atoms with Crippen LogP contribution in [0.1, 0.15) is 31.2 Å². The van der Waals surface area contributed by atoms with Crippen LogP contribution in [0, 0.1) is 6.92 Å². The third-order valence-corrected chi connectivity index (χ3v) is 4.59. The van der Waals surface area contributed by atoms with Gasteiger partial charge in [0.05, 0.1) is 24.2 Å². The molecule has 0 aliphatic heterocycles. The van der Waals surface area contributed by atoms with Crippen molar-refractivity contribution < 1.29 is 9.53 Å². The highest BCUT2D eigenvalue weighted by molar-refractivity contribution is 5.92. The predicted molar refractivity (Wildman–Crippen MR) is 112 cm³/mol. The molecule has 0 spiro atoms. The molecule has 2 aromatic carbocycles. The number of carbonyl (C=O) groups is 1. The van der Waals surface area contributed by atoms with Crippen molar-refractivity contribution in [3.63, 3.8) is 0 Å². The van der Waals surface area contributed by atoms with Crippen LogP contribution < -0.4 is 10.1 Å². The van der Waals surface area contributed by atoms with E-state index < -0.39 is 0 Å². The molecule has 1 N–H and O–H groups in total. The SMILES string of the molecule is C=C(C)C(=O)NCc1nc2ccccc2n1CCCCOc1ccc(C)cc1. The molecule has 0 fully saturated rings. The van der Waals surface area contributed by atoms with Gasteiger partial charge in [-0.05, 0) is 51.0 Å². The van der Waals surface area contributed by atoms with Crippen molar-refractivity contribution in [2.75, 3.05) is 6.61 Å². The molecule has 0 saturated heterocycles. The summed E-state index contributed by atoms with van der Waals surface area (Å²) < 4.78 is 7.99. The Bertz CT molecular complexity index is 958. The minimum absolute atomic E-state index is 0.148. The maximum absolute atomic E-state index is 11.8. The molecule has 3 rings (SSSR count). The summed E-state index contributed by atoms with van der Waals surface area (Å²) in [5.41, 5.74) is 3.75. The molecule has 0 aliphatic carbocycles. The first-order valence-corrected chi connectivity index (χ1v) is 9.62. The molecule has 0 unspecified atom stereocenters. The molecule has 1 heterocycles. The fraction of sp³-hybridized carbons (Fsp3) is 0.304. The topological polar surface area (TPSA) is 56.2 Å². The third-order valence-electron chi connectivity index (χ3n) is 4.59. The van der Waals surface area contributed by atoms with Gasteiger partial charge in [-0.1, -0.05) is 36.4 Å². The van der Waals surface area contributed by atoms with E-state index in [4.69, 9.17) is 4.74 Å². The van der Waals surface area contributed by atoms with Crippen LogP contribution in [0.3, 0.4) is 0 Å². The van der Waals surface area contributed by atoms with E-state index in [1.807, 2.05) is 30.3 Å². The highest BCUT2D eigenvalue weighted by Gasteiger charge is 2.11. The van der Waals surface area contributed by atoms with Crippen molar-refractivity contribution in [3.8, 4) is 5.75 Å². The number of fused-ring (bicyclic) bond motifs is 1. The lowest BCUT2D eigenvalue weighted by atomic mass is 10.2. The number of unbranched alkanes of at least 4 members (excludes halogenated alkanes) is 1. The summed E-state index contributed by atoms with van der Waals surface area (Å²) in [6, 6.07) is 16.2. The van der Waals surface area contributed by atoms with E-state index in [2.05, 4.69) is 46.6 Å². The van der Waals surface area contributed by atoms with Gasteiger partial charge in [0.15, 0.2) is 0 Å². The standard InChI is InChI=1S/C23H27N3O2/c1-17(2)23(27)24-16-22-25-20-8-4-5-9-21(20)26(22)14-6-7-15-28-19-12-10-18(3)11-13-19/h4-5,8-13H,1,6-7,14-16H2,2-3H3,(H,24,27). The van der Waals surface area contributed by atoms with Crippen LogP contribution in [0.2, 0.25) is 0 Å². The summed E-state index contributed by atoms with van der Waals surface area (Å²) in [5, 5.41) is 2.88. The second kappa shape index (κ2) is 9.22. The molecule has 0 aliphatic rings. The molecule has 0 saturated carbocycles. The van der Waals surface area contributed by atoms with Crippen LogP contribution in [0.4, 0.5) is 0 Å². The number of hydrogen-bond donors (Lipinski definition) is 1. The van der Waals surface area contributed by atoms with Crippen molar-refractivity contribution in [2.45, 2.75) is 39.8 Å². The van der Waals surface area contributed by atoms with Crippen LogP contribution in [0.25, 0.3) is 11.0 Å². The van der Waals surface area contributed by atoms with Gasteiger partial charge >= 0.3 is 0 Å². The maximum atomic E-state index is 11.8. The Labute approximate surface area is 166 Å². The molecule has 146 valence electrons. The Morgan fingerprint density at radius 2 is 1.89 bits per heavy atom. The van der Waals surface area contributed by atoms with Gasteiger partial charge in [-0.25, -0.2) is 4.98 Å². The molecule has 5 heteroatoms. The van der Waals surface area contributed by atoms with Gasteiger partial charge in [-0.15, -0.1) is 0 Å². The Morgan fingerprint density at radius 3 is 2.64 bits per heavy atom. The monoisotopic (exact) mass is 377 g/mol. The normalized spacial score (nSPS) is 10.8. The maximum Gasteiger partial charge on any atom is 0.246 e. The first-order valence-electron chi connectivity index (χ1n) is 9.62. The first kappa shape index (κ1) is 19.7. The molecule has 28 heavy (non-hydrogen) atoms. The number of aryl methyl sites for hydroxylation is 2. The summed E-state index contributed by atoms with van der Waals surface area (Å²) in [7, 11) is 0. The van der Waals surface area contributed by atoms with E-state index in [1.165, 1.54) is 5.56 Å². The predicted octanol–water partition coefficient (Wildman–Crippen LogP) is 4.40. The fourth-order valence-electron chi connectivity index (χ4n) is 3.02. The quantitative estimate of drug-likeness (QED) is 0.444. The van der Waals surface area contributed by atoms with E-state index in [9.17, 15) is 4.79 Å². The van der Waals surface area contributed by atoms with Gasteiger partial charge in [0.1, 0.15) is 11.6 Å². The van der Waals surface area contributed by atoms with Gasteiger partial charge in [-0.2, -0.15) is 0 Å². The number of nitrogens with zero attached hydrogens (tertiary/aromatic N) is 2. The number of hydrogen-bond acceptors (Lipinski definition) is 3. The zero-order valence-corrected chi connectivity index (χ0v) is 16.6. The number of imidazole rings is 1. The Morgan fingerprint density at radius 1 is 1.14 bits per heavy atom. The number of amides is 1. The average Bonchev–Trinajstić information content (AvgIpc) is 3.04. The highest BCUT2D eigenvalue weighted by atomic mass is 16.5. The third kappa shape index (κ3) is 5.00. The minimum atomic E-state index is -0.148. The Balaban J connectivity index is 1.59. The molecule has 1 amide bonds. The lowest BCUT2D eigenvalue weighted by Gasteiger charge is -2.11. The van der Waals surface area contributed by atoms with Crippen LogP contribution in [0.15, 0.2) is 60.7 Å². The van der Waals surface area contributed by atoms with Crippen LogP contribution >= 0.6 is 0 Å². The van der Waals surface area contributed by atoms with Crippen molar-refractivity contribution in [1.82, 2.24) is 14.9 Å². The number of benzene rings is 2. The first-order chi connectivity index (χ1) is 13.5. The molecule has 3 aromatic rings. The molecular formula is C23H27N3O2. The van der Waals surface area contributed by atoms with Gasteiger partial charge in [-0.3, -0.25) is 4.79 Å². The largest absolute Gasteiger partial charge is 0.494 e. The average molecular weight is 377 g/mol. The van der Waals surface area contributed by atoms with Crippen LogP contribution in [0.5, 0.6) is 5.75 Å². The second-order valence-corrected chi connectivity index (χ2v) is 7.00. The molecule has 0 radical (unpaired) electrons. The van der Waals surface area contributed by atoms with E-state index in [0.717, 1.165) is 42.0 Å². The summed E-state index contributed by atoms with van der Waals surface area (Å²) in [6.45, 7) is 9.34. The Hall–Kier alpha value is -3.08. The van der Waals surface area contributed by atoms with Crippen molar-refractivity contribution in [3.05, 3.63) is 72.1 Å². The number of carbonyl (C=O) groups excluding carboxylic acids is 1. The number of rotatable bonds is 9. The van der Waals surface area contributed by atoms with Crippen molar-refractivity contribution in [2.24, 2.45) is 0 Å². The van der Waals surface area contributed by atoms with Crippen molar-refractivity contribution >= 4 is 16.9 Å². The lowest BCUT2D eigenvalue weighted by molar-refractivity contribution is -0.117. The minimum Gasteiger partial charge on any atom is -0.494 e. The number of aromatic nitrogens is 2. The van der Waals surface area contributed by atoms with Gasteiger partial charge in [0, 0.05) is 12.1 Å². The van der Waals surface area contributed by atoms with E-state index in [-0.39, 0.29) is 5.91 Å². The highest BCUT2D eigenvalue weighted by Crippen LogP contribution is 2.17. The number of ether oxygens (including phenoxy) is 1.